The fraction of sp³-hybridized carbons (Fsp3) is 0.448. The number of aryl methyl sites for hydroxylation is 2. The minimum atomic E-state index is -1.51. The van der Waals surface area contributed by atoms with Crippen LogP contribution in [0.2, 0.25) is 0 Å². The summed E-state index contributed by atoms with van der Waals surface area (Å²) in [6.07, 6.45) is -4.92. The zero-order chi connectivity index (χ0) is 31.6. The number of ether oxygens (including phenoxy) is 5. The molecule has 1 fully saturated rings. The lowest BCUT2D eigenvalue weighted by atomic mass is 9.89. The third-order valence-corrected chi connectivity index (χ3v) is 6.95. The maximum Gasteiger partial charge on any atom is 0.361 e. The molecular weight excluding hydrogens is 568 g/mol. The number of aromatic hydroxyl groups is 1. The highest BCUT2D eigenvalue weighted by Gasteiger charge is 2.53. The van der Waals surface area contributed by atoms with Crippen molar-refractivity contribution in [3.05, 3.63) is 57.2 Å². The Morgan fingerprint density at radius 2 is 1.86 bits per heavy atom. The van der Waals surface area contributed by atoms with E-state index in [4.69, 9.17) is 28.1 Å². The van der Waals surface area contributed by atoms with Gasteiger partial charge < -0.3 is 48.1 Å². The lowest BCUT2D eigenvalue weighted by Crippen LogP contribution is -2.65. The largest absolute Gasteiger partial charge is 0.506 e. The van der Waals surface area contributed by atoms with Gasteiger partial charge in [-0.1, -0.05) is 5.16 Å². The van der Waals surface area contributed by atoms with Gasteiger partial charge in [0.15, 0.2) is 12.2 Å². The Bertz CT molecular complexity index is 1600. The van der Waals surface area contributed by atoms with Crippen LogP contribution in [0.4, 0.5) is 0 Å². The van der Waals surface area contributed by atoms with Gasteiger partial charge in [-0.3, -0.25) is 0 Å². The van der Waals surface area contributed by atoms with Crippen molar-refractivity contribution in [3.63, 3.8) is 0 Å². The quantitative estimate of drug-likeness (QED) is 0.141. The molecule has 0 aliphatic carbocycles. The van der Waals surface area contributed by atoms with Crippen LogP contribution in [0.5, 0.6) is 11.5 Å². The topological polar surface area (TPSA) is 188 Å². The number of aliphatic hydroxyl groups excluding tert-OH is 1. The molecule has 43 heavy (non-hydrogen) atoms. The number of esters is 2. The van der Waals surface area contributed by atoms with E-state index in [9.17, 15) is 24.6 Å². The number of hydrogen-bond donors (Lipinski definition) is 3. The third-order valence-electron chi connectivity index (χ3n) is 6.95. The highest BCUT2D eigenvalue weighted by atomic mass is 16.7. The van der Waals surface area contributed by atoms with Gasteiger partial charge >= 0.3 is 17.6 Å². The van der Waals surface area contributed by atoms with E-state index in [2.05, 4.69) is 15.0 Å². The minimum absolute atomic E-state index is 0.0102. The summed E-state index contributed by atoms with van der Waals surface area (Å²) in [5.41, 5.74) is -2.14. The number of hydrogen-bond acceptors (Lipinski definition) is 13. The van der Waals surface area contributed by atoms with Gasteiger partial charge in [0.25, 0.3) is 0 Å². The first kappa shape index (κ1) is 31.5. The van der Waals surface area contributed by atoms with E-state index >= 15 is 0 Å². The molecule has 14 nitrogen and oxygen atoms in total. The molecule has 3 N–H and O–H groups in total. The highest BCUT2D eigenvalue weighted by Crippen LogP contribution is 2.38. The molecule has 4 atom stereocenters. The zero-order valence-corrected chi connectivity index (χ0v) is 24.8. The number of carbonyl (C=O) groups excluding carboxylic acids is 2. The molecule has 232 valence electrons. The molecule has 0 bridgehead atoms. The van der Waals surface area contributed by atoms with Crippen molar-refractivity contribution in [2.24, 2.45) is 5.16 Å². The second-order valence-electron chi connectivity index (χ2n) is 10.3. The summed E-state index contributed by atoms with van der Waals surface area (Å²) in [6.45, 7) is 8.28. The average Bonchev–Trinajstić information content (AvgIpc) is 3.39. The average molecular weight is 603 g/mol. The first-order valence-corrected chi connectivity index (χ1v) is 13.3. The fourth-order valence-corrected chi connectivity index (χ4v) is 4.92. The highest BCUT2D eigenvalue weighted by molar-refractivity contribution is 6.44. The Hall–Kier alpha value is -4.40. The Morgan fingerprint density at radius 1 is 1.14 bits per heavy atom. The van der Waals surface area contributed by atoms with Crippen molar-refractivity contribution >= 4 is 28.6 Å². The molecule has 1 aliphatic heterocycles. The minimum Gasteiger partial charge on any atom is -0.506 e. The molecule has 3 heterocycles. The van der Waals surface area contributed by atoms with Crippen molar-refractivity contribution < 1.29 is 52.7 Å². The number of benzene rings is 1. The second kappa shape index (κ2) is 12.5. The first-order chi connectivity index (χ1) is 20.3. The van der Waals surface area contributed by atoms with E-state index in [0.717, 1.165) is 12.8 Å². The van der Waals surface area contributed by atoms with E-state index in [-0.39, 0.29) is 34.6 Å². The molecule has 0 unspecified atom stereocenters. The van der Waals surface area contributed by atoms with Gasteiger partial charge in [-0.15, -0.1) is 0 Å². The molecule has 0 amide bonds. The van der Waals surface area contributed by atoms with Crippen LogP contribution in [0, 0.1) is 13.8 Å². The van der Waals surface area contributed by atoms with E-state index in [1.54, 1.807) is 46.8 Å². The zero-order valence-electron chi connectivity index (χ0n) is 24.8. The van der Waals surface area contributed by atoms with Gasteiger partial charge in [0.05, 0.1) is 17.6 Å². The van der Waals surface area contributed by atoms with Crippen LogP contribution in [0.3, 0.4) is 0 Å². The van der Waals surface area contributed by atoms with Gasteiger partial charge in [0.2, 0.25) is 12.0 Å². The second-order valence-corrected chi connectivity index (χ2v) is 10.3. The Labute approximate surface area is 246 Å². The lowest BCUT2D eigenvalue weighted by Gasteiger charge is -2.47. The molecule has 14 heteroatoms. The van der Waals surface area contributed by atoms with Crippen molar-refractivity contribution in [1.82, 2.24) is 4.98 Å². The van der Waals surface area contributed by atoms with Crippen molar-refractivity contribution in [1.29, 1.82) is 0 Å². The number of aromatic amines is 1. The summed E-state index contributed by atoms with van der Waals surface area (Å²) in [5, 5.41) is 25.9. The summed E-state index contributed by atoms with van der Waals surface area (Å²) in [6, 6.07) is 6.11. The van der Waals surface area contributed by atoms with Crippen LogP contribution in [0.25, 0.3) is 11.0 Å². The number of nitrogens with one attached hydrogen (secondary N) is 1. The smallest absolute Gasteiger partial charge is 0.361 e. The Kier molecular flexibility index (Phi) is 9.13. The molecule has 0 spiro atoms. The van der Waals surface area contributed by atoms with Gasteiger partial charge in [-0.05, 0) is 58.9 Å². The third kappa shape index (κ3) is 6.07. The van der Waals surface area contributed by atoms with Crippen LogP contribution < -0.4 is 10.4 Å². The molecule has 4 rings (SSSR count). The van der Waals surface area contributed by atoms with E-state index in [1.807, 2.05) is 0 Å². The number of carbonyl (C=O) groups is 2. The van der Waals surface area contributed by atoms with Crippen LogP contribution in [-0.2, 0) is 28.6 Å². The van der Waals surface area contributed by atoms with Gasteiger partial charge in [-0.25, -0.2) is 14.4 Å². The predicted molar refractivity (Wildman–Crippen MR) is 150 cm³/mol. The summed E-state index contributed by atoms with van der Waals surface area (Å²) >= 11 is 0. The monoisotopic (exact) mass is 602 g/mol. The number of aromatic nitrogens is 1. The maximum absolute atomic E-state index is 13.0. The van der Waals surface area contributed by atoms with Gasteiger partial charge in [-0.2, -0.15) is 0 Å². The number of methoxy groups -OCH3 is 1. The molecule has 1 aliphatic rings. The molecule has 0 saturated carbocycles. The molecule has 1 saturated heterocycles. The number of nitrogens with zero attached hydrogens (tertiary/aromatic N) is 1. The summed E-state index contributed by atoms with van der Waals surface area (Å²) in [5.74, 6) is -2.16. The van der Waals surface area contributed by atoms with Crippen LogP contribution in [0.15, 0.2) is 38.6 Å². The molecule has 2 aromatic heterocycles. The Morgan fingerprint density at radius 3 is 2.47 bits per heavy atom. The van der Waals surface area contributed by atoms with E-state index in [0.29, 0.717) is 0 Å². The van der Waals surface area contributed by atoms with Crippen LogP contribution >= 0.6 is 0 Å². The van der Waals surface area contributed by atoms with E-state index in [1.165, 1.54) is 19.2 Å². The number of oxime groups is 1. The van der Waals surface area contributed by atoms with Gasteiger partial charge in [0, 0.05) is 18.4 Å². The van der Waals surface area contributed by atoms with Crippen LogP contribution in [-0.4, -0.2) is 83.9 Å². The number of H-pyrrole nitrogens is 1. The van der Waals surface area contributed by atoms with Crippen molar-refractivity contribution in [2.45, 2.75) is 64.8 Å². The summed E-state index contributed by atoms with van der Waals surface area (Å²) in [7, 11) is 2.57. The number of rotatable bonds is 9. The normalized spacial score (nSPS) is 21.8. The number of fused-ring (bicyclic) bond motifs is 1. The fourth-order valence-electron chi connectivity index (χ4n) is 4.92. The van der Waals surface area contributed by atoms with Gasteiger partial charge in [0.1, 0.15) is 41.6 Å². The van der Waals surface area contributed by atoms with E-state index < -0.39 is 64.8 Å². The SMILES string of the molecule is CCOC(=O)/C(=N/OC)c1c(O)c2ccc(O[C@@H]3OC(C)(C)[C@H](OC)[C@@H](OC(=O)c4ccc(C)[nH]4)[C@H]3O)c(C)c2oc1=O. The van der Waals surface area contributed by atoms with Crippen molar-refractivity contribution in [2.75, 3.05) is 20.8 Å². The molecular formula is C29H34N2O12. The van der Waals surface area contributed by atoms with Crippen molar-refractivity contribution in [3.8, 4) is 11.5 Å². The lowest BCUT2D eigenvalue weighted by molar-refractivity contribution is -0.305. The maximum atomic E-state index is 13.0. The Balaban J connectivity index is 1.69. The molecule has 1 aromatic carbocycles. The predicted octanol–water partition coefficient (Wildman–Crippen LogP) is 2.47. The summed E-state index contributed by atoms with van der Waals surface area (Å²) in [4.78, 5) is 45.8. The summed E-state index contributed by atoms with van der Waals surface area (Å²) < 4.78 is 33.7. The van der Waals surface area contributed by atoms with Crippen LogP contribution in [0.1, 0.15) is 48.1 Å². The molecule has 0 radical (unpaired) electrons. The standard InChI is InChI=1S/C29H34N2O12/c1-8-39-27(36)19(31-38-7)18-20(32)15-10-12-17(14(3)22(15)41-26(18)35)40-28-21(33)23(24(37-6)29(4,5)43-28)42-25(34)16-11-9-13(2)30-16/h9-12,21,23-24,28,30,32-33H,8H2,1-7H3/b31-19+/t21-,23+,24-,28-/m1/s1. The number of aliphatic hydroxyl groups is 1. The first-order valence-electron chi connectivity index (χ1n) is 13.3. The molecule has 3 aromatic rings.